The highest BCUT2D eigenvalue weighted by Gasteiger charge is 2.25. The molecule has 0 bridgehead atoms. The molecule has 3 aromatic carbocycles. The third kappa shape index (κ3) is 15.4. The number of aryl methyl sites for hydroxylation is 3. The summed E-state index contributed by atoms with van der Waals surface area (Å²) >= 11 is 0. The maximum Gasteiger partial charge on any atom is 0.152 e. The molecule has 2 aliphatic heterocycles. The summed E-state index contributed by atoms with van der Waals surface area (Å²) in [4.78, 5) is 37.9. The predicted molar refractivity (Wildman–Crippen MR) is 269 cm³/mol. The summed E-state index contributed by atoms with van der Waals surface area (Å²) in [5.41, 5.74) is 8.14. The van der Waals surface area contributed by atoms with Crippen molar-refractivity contribution in [1.82, 2.24) is 35.0 Å². The number of carbonyl (C=O) groups excluding carboxylic acids is 2. The number of phenols is 1. The Bertz CT molecular complexity index is 2210. The molecule has 3 fully saturated rings. The van der Waals surface area contributed by atoms with Crippen LogP contribution in [0.3, 0.4) is 0 Å². The van der Waals surface area contributed by atoms with Gasteiger partial charge in [0.15, 0.2) is 6.29 Å². The topological polar surface area (TPSA) is 119 Å². The van der Waals surface area contributed by atoms with Gasteiger partial charge in [0.2, 0.25) is 0 Å². The van der Waals surface area contributed by atoms with Gasteiger partial charge < -0.3 is 30.0 Å². The van der Waals surface area contributed by atoms with Crippen LogP contribution in [0.25, 0.3) is 22.2 Å². The van der Waals surface area contributed by atoms with Gasteiger partial charge in [0.1, 0.15) is 29.3 Å². The Labute approximate surface area is 393 Å². The zero-order chi connectivity index (χ0) is 47.4. The van der Waals surface area contributed by atoms with Crippen molar-refractivity contribution in [3.8, 4) is 16.9 Å². The molecule has 11 nitrogen and oxygen atoms in total. The summed E-state index contributed by atoms with van der Waals surface area (Å²) in [5.74, 6) is 1.48. The molecule has 1 unspecified atom stereocenters. The Hall–Kier alpha value is -5.27. The number of allylic oxidation sites excluding steroid dienone is 1. The molecular weight excluding hydrogens is 828 g/mol. The molecule has 1 atom stereocenters. The van der Waals surface area contributed by atoms with Crippen LogP contribution in [0.1, 0.15) is 96.7 Å². The number of carbonyl (C=O) groups is 2. The molecule has 2 saturated heterocycles. The van der Waals surface area contributed by atoms with Crippen LogP contribution in [0.5, 0.6) is 5.75 Å². The number of phenolic OH excluding ortho intramolecular Hbond substituents is 1. The van der Waals surface area contributed by atoms with Crippen LogP contribution in [0.15, 0.2) is 85.7 Å². The number of rotatable bonds is 13. The van der Waals surface area contributed by atoms with E-state index in [1.165, 1.54) is 67.7 Å². The minimum absolute atomic E-state index is 0.00278. The molecule has 3 aliphatic rings. The summed E-state index contributed by atoms with van der Waals surface area (Å²) < 4.78 is 16.5. The molecule has 356 valence electrons. The van der Waals surface area contributed by atoms with E-state index in [2.05, 4.69) is 71.9 Å². The highest BCUT2D eigenvalue weighted by Crippen LogP contribution is 2.36. The van der Waals surface area contributed by atoms with Gasteiger partial charge >= 0.3 is 0 Å². The smallest absolute Gasteiger partial charge is 0.152 e. The lowest BCUT2D eigenvalue weighted by Crippen LogP contribution is -2.48. The number of aldehydes is 2. The van der Waals surface area contributed by atoms with Gasteiger partial charge in [-0.2, -0.15) is 0 Å². The quantitative estimate of drug-likeness (QED) is 0.0780. The molecule has 12 heteroatoms. The van der Waals surface area contributed by atoms with Crippen molar-refractivity contribution in [2.24, 2.45) is 5.92 Å². The van der Waals surface area contributed by atoms with Crippen molar-refractivity contribution < 1.29 is 19.1 Å². The largest absolute Gasteiger partial charge is 0.508 e. The second-order valence-corrected chi connectivity index (χ2v) is 18.2. The van der Waals surface area contributed by atoms with E-state index in [1.54, 1.807) is 25.2 Å². The number of anilines is 1. The van der Waals surface area contributed by atoms with Crippen LogP contribution in [0.4, 0.5) is 10.1 Å². The Morgan fingerprint density at radius 2 is 1.52 bits per heavy atom. The normalized spacial score (nSPS) is 16.5. The van der Waals surface area contributed by atoms with Crippen molar-refractivity contribution in [2.45, 2.75) is 97.2 Å². The first kappa shape index (κ1) is 51.7. The minimum Gasteiger partial charge on any atom is -0.508 e. The summed E-state index contributed by atoms with van der Waals surface area (Å²) in [6.45, 7) is 17.7. The van der Waals surface area contributed by atoms with E-state index in [9.17, 15) is 14.0 Å². The van der Waals surface area contributed by atoms with Crippen LogP contribution in [-0.2, 0) is 11.3 Å². The van der Waals surface area contributed by atoms with Crippen LogP contribution in [0, 0.1) is 32.5 Å². The summed E-state index contributed by atoms with van der Waals surface area (Å²) in [6.07, 6.45) is 18.3. The molecule has 4 heterocycles. The van der Waals surface area contributed by atoms with Gasteiger partial charge in [0, 0.05) is 74.3 Å². The van der Waals surface area contributed by atoms with Crippen molar-refractivity contribution in [1.29, 1.82) is 0 Å². The fourth-order valence-electron chi connectivity index (χ4n) is 9.25. The lowest BCUT2D eigenvalue weighted by molar-refractivity contribution is -0.109. The van der Waals surface area contributed by atoms with E-state index in [1.807, 2.05) is 59.3 Å². The average Bonchev–Trinajstić information content (AvgIpc) is 3.69. The molecule has 0 amide bonds. The molecule has 8 rings (SSSR count). The molecule has 2 aromatic heterocycles. The SMILES string of the molecule is C=CCCC(C=O)NC.CNC.Cc1cc(C)cc(O)c1.Cc1ncc2c(-c3ccc(CN4CCC(CN5CCN(c6ccc(C=O)c(F)c6)CC5)CC4)cc3)cn(C3CCCCC3)c2n1. The number of benzene rings is 3. The number of hydrogen-bond acceptors (Lipinski definition) is 10. The molecule has 0 radical (unpaired) electrons. The molecular formula is C54H75FN8O3. The number of piperazine rings is 1. The number of piperidine rings is 1. The zero-order valence-electron chi connectivity index (χ0n) is 40.4. The Balaban J connectivity index is 0.000000322. The van der Waals surface area contributed by atoms with E-state index in [0.717, 1.165) is 111 Å². The average molecular weight is 903 g/mol. The van der Waals surface area contributed by atoms with E-state index >= 15 is 0 Å². The Kier molecular flexibility index (Phi) is 21.0. The van der Waals surface area contributed by atoms with E-state index in [-0.39, 0.29) is 11.6 Å². The van der Waals surface area contributed by atoms with Gasteiger partial charge in [0.05, 0.1) is 11.6 Å². The van der Waals surface area contributed by atoms with Crippen LogP contribution < -0.4 is 15.5 Å². The molecule has 5 aromatic rings. The standard InChI is InChI=1S/C37H45FN6O.C8H10O.C7H13NO.C2H7N/c1-27-39-22-34-35(25-44(37(34)40-27)32-5-3-2-4-6-32)30-9-7-28(8-10-30)23-41-15-13-29(14-16-41)24-42-17-19-43(20-18-42)33-12-11-31(26-45)36(38)21-33;1-6-3-7(2)5-8(9)4-6;1-3-4-5-7(6-9)8-2;1-3-2/h7-12,21-22,25-26,29,32H,2-6,13-20,23-24H2,1H3;3-5,9H,1-2H3;3,6-8H,1,4-5H2,2H3;3H,1-2H3. The molecule has 1 saturated carbocycles. The van der Waals surface area contributed by atoms with Gasteiger partial charge in [-0.25, -0.2) is 14.4 Å². The minimum atomic E-state index is -0.434. The second kappa shape index (κ2) is 26.8. The van der Waals surface area contributed by atoms with Gasteiger partial charge in [-0.1, -0.05) is 55.7 Å². The summed E-state index contributed by atoms with van der Waals surface area (Å²) in [7, 11) is 5.53. The first-order valence-corrected chi connectivity index (χ1v) is 24.0. The Morgan fingerprint density at radius 3 is 2.09 bits per heavy atom. The summed E-state index contributed by atoms with van der Waals surface area (Å²) in [5, 5.41) is 15.8. The number of fused-ring (bicyclic) bond motifs is 1. The first-order chi connectivity index (χ1) is 32.0. The fraction of sp³-hybridized carbons (Fsp3) is 0.481. The van der Waals surface area contributed by atoms with E-state index < -0.39 is 5.82 Å². The lowest BCUT2D eigenvalue weighted by atomic mass is 9.95. The number of aromatic nitrogens is 3. The monoisotopic (exact) mass is 903 g/mol. The highest BCUT2D eigenvalue weighted by molar-refractivity contribution is 5.93. The van der Waals surface area contributed by atoms with Crippen molar-refractivity contribution in [3.05, 3.63) is 120 Å². The van der Waals surface area contributed by atoms with Crippen molar-refractivity contribution >= 4 is 29.3 Å². The number of likely N-dealkylation sites (tertiary alicyclic amines) is 1. The Morgan fingerprint density at radius 1 is 0.848 bits per heavy atom. The number of aromatic hydroxyl groups is 1. The van der Waals surface area contributed by atoms with E-state index in [0.29, 0.717) is 18.1 Å². The maximum absolute atomic E-state index is 14.1. The van der Waals surface area contributed by atoms with Crippen molar-refractivity contribution in [3.63, 3.8) is 0 Å². The fourth-order valence-corrected chi connectivity index (χ4v) is 9.25. The van der Waals surface area contributed by atoms with Gasteiger partial charge in [-0.3, -0.25) is 14.6 Å². The van der Waals surface area contributed by atoms with E-state index in [4.69, 9.17) is 10.1 Å². The molecule has 1 aliphatic carbocycles. The van der Waals surface area contributed by atoms with Gasteiger partial charge in [-0.15, -0.1) is 6.58 Å². The lowest BCUT2D eigenvalue weighted by Gasteiger charge is -2.39. The number of nitrogens with zero attached hydrogens (tertiary/aromatic N) is 6. The number of hydrogen-bond donors (Lipinski definition) is 3. The zero-order valence-corrected chi connectivity index (χ0v) is 40.4. The molecule has 3 N–H and O–H groups in total. The summed E-state index contributed by atoms with van der Waals surface area (Å²) in [6, 6.07) is 20.2. The number of halogens is 1. The van der Waals surface area contributed by atoms with Crippen LogP contribution in [-0.4, -0.2) is 115 Å². The van der Waals surface area contributed by atoms with Gasteiger partial charge in [0.25, 0.3) is 0 Å². The second-order valence-electron chi connectivity index (χ2n) is 18.2. The predicted octanol–water partition coefficient (Wildman–Crippen LogP) is 9.48. The number of nitrogens with one attached hydrogen (secondary N) is 2. The van der Waals surface area contributed by atoms with Gasteiger partial charge in [-0.05, 0) is 152 Å². The van der Waals surface area contributed by atoms with Crippen molar-refractivity contribution in [2.75, 3.05) is 71.9 Å². The first-order valence-electron chi connectivity index (χ1n) is 24.0. The highest BCUT2D eigenvalue weighted by atomic mass is 19.1. The van der Waals surface area contributed by atoms with Crippen LogP contribution in [0.2, 0.25) is 0 Å². The molecule has 0 spiro atoms. The maximum atomic E-state index is 14.1. The van der Waals surface area contributed by atoms with Crippen LogP contribution >= 0.6 is 0 Å². The third-order valence-corrected chi connectivity index (χ3v) is 12.8. The third-order valence-electron chi connectivity index (χ3n) is 12.8. The number of likely N-dealkylation sites (N-methyl/N-ethyl adjacent to an activating group) is 1. The molecule has 66 heavy (non-hydrogen) atoms.